The third-order valence-corrected chi connectivity index (χ3v) is 3.69. The molecule has 2 N–H and O–H groups in total. The number of rotatable bonds is 5. The Hall–Kier alpha value is -0.490. The number of aliphatic hydroxyl groups is 1. The van der Waals surface area contributed by atoms with Crippen molar-refractivity contribution in [1.29, 1.82) is 0 Å². The van der Waals surface area contributed by atoms with E-state index >= 15 is 0 Å². The summed E-state index contributed by atoms with van der Waals surface area (Å²) in [5, 5.41) is 12.2. The highest BCUT2D eigenvalue weighted by Gasteiger charge is 2.12. The summed E-state index contributed by atoms with van der Waals surface area (Å²) in [5.41, 5.74) is 0. The number of halogens is 2. The molecule has 6 heteroatoms. The summed E-state index contributed by atoms with van der Waals surface area (Å²) in [6, 6.07) is 3.89. The predicted molar refractivity (Wildman–Crippen MR) is 62.6 cm³/mol. The largest absolute Gasteiger partial charge is 0.391 e. The van der Waals surface area contributed by atoms with E-state index in [-0.39, 0.29) is 10.8 Å². The van der Waals surface area contributed by atoms with E-state index in [2.05, 4.69) is 5.32 Å². The monoisotopic (exact) mass is 265 g/mol. The van der Waals surface area contributed by atoms with Crippen LogP contribution in [0.4, 0.5) is 4.39 Å². The van der Waals surface area contributed by atoms with Gasteiger partial charge in [0.1, 0.15) is 5.82 Å². The third kappa shape index (κ3) is 3.83. The molecule has 0 aliphatic heterocycles. The van der Waals surface area contributed by atoms with Crippen molar-refractivity contribution in [2.45, 2.75) is 11.0 Å². The van der Waals surface area contributed by atoms with Crippen LogP contribution in [-0.4, -0.2) is 34.8 Å². The van der Waals surface area contributed by atoms with E-state index in [1.807, 2.05) is 0 Å². The molecule has 1 rings (SSSR count). The van der Waals surface area contributed by atoms with E-state index in [9.17, 15) is 13.7 Å². The summed E-state index contributed by atoms with van der Waals surface area (Å²) in [4.78, 5) is 0.418. The van der Waals surface area contributed by atoms with Crippen molar-refractivity contribution in [3.05, 3.63) is 29.0 Å². The SMILES string of the molecule is CNCC(O)CS(=O)c1ccc(F)c(Cl)c1. The molecule has 2 atom stereocenters. The second-order valence-corrected chi connectivity index (χ2v) is 5.20. The van der Waals surface area contributed by atoms with Crippen molar-refractivity contribution in [2.24, 2.45) is 0 Å². The Balaban J connectivity index is 2.69. The van der Waals surface area contributed by atoms with Crippen molar-refractivity contribution < 1.29 is 13.7 Å². The average Bonchev–Trinajstić information content (AvgIpc) is 2.22. The average molecular weight is 266 g/mol. The Morgan fingerprint density at radius 2 is 2.31 bits per heavy atom. The molecule has 90 valence electrons. The van der Waals surface area contributed by atoms with Gasteiger partial charge in [0.05, 0.1) is 27.7 Å². The fourth-order valence-corrected chi connectivity index (χ4v) is 2.56. The summed E-state index contributed by atoms with van der Waals surface area (Å²) < 4.78 is 24.6. The maximum absolute atomic E-state index is 12.9. The molecule has 0 aliphatic rings. The quantitative estimate of drug-likeness (QED) is 0.840. The highest BCUT2D eigenvalue weighted by Crippen LogP contribution is 2.18. The van der Waals surface area contributed by atoms with Gasteiger partial charge in [-0.05, 0) is 25.2 Å². The molecule has 1 aromatic carbocycles. The third-order valence-electron chi connectivity index (χ3n) is 1.94. The first-order chi connectivity index (χ1) is 7.54. The molecule has 0 aliphatic carbocycles. The topological polar surface area (TPSA) is 49.3 Å². The smallest absolute Gasteiger partial charge is 0.141 e. The van der Waals surface area contributed by atoms with Crippen molar-refractivity contribution in [3.8, 4) is 0 Å². The van der Waals surface area contributed by atoms with E-state index in [1.165, 1.54) is 18.2 Å². The molecule has 0 saturated heterocycles. The van der Waals surface area contributed by atoms with Crippen LogP contribution in [0.15, 0.2) is 23.1 Å². The van der Waals surface area contributed by atoms with Crippen molar-refractivity contribution >= 4 is 22.4 Å². The molecule has 2 unspecified atom stereocenters. The minimum Gasteiger partial charge on any atom is -0.391 e. The van der Waals surface area contributed by atoms with Gasteiger partial charge in [0, 0.05) is 11.4 Å². The number of hydrogen-bond acceptors (Lipinski definition) is 3. The first-order valence-electron chi connectivity index (χ1n) is 4.70. The second-order valence-electron chi connectivity index (χ2n) is 3.30. The van der Waals surface area contributed by atoms with Crippen LogP contribution in [-0.2, 0) is 10.8 Å². The lowest BCUT2D eigenvalue weighted by molar-refractivity contribution is 0.198. The van der Waals surface area contributed by atoms with E-state index in [1.54, 1.807) is 7.05 Å². The van der Waals surface area contributed by atoms with Crippen LogP contribution >= 0.6 is 11.6 Å². The van der Waals surface area contributed by atoms with Crippen LogP contribution in [0.3, 0.4) is 0 Å². The molecular formula is C10H13ClFNO2S. The first-order valence-corrected chi connectivity index (χ1v) is 6.40. The molecule has 0 bridgehead atoms. The van der Waals surface area contributed by atoms with Gasteiger partial charge in [0.2, 0.25) is 0 Å². The molecular weight excluding hydrogens is 253 g/mol. The molecule has 16 heavy (non-hydrogen) atoms. The maximum atomic E-state index is 12.9. The van der Waals surface area contributed by atoms with Crippen LogP contribution in [0, 0.1) is 5.82 Å². The molecule has 1 aromatic rings. The molecule has 0 aromatic heterocycles. The lowest BCUT2D eigenvalue weighted by atomic mass is 10.3. The van der Waals surface area contributed by atoms with E-state index in [0.717, 1.165) is 0 Å². The zero-order chi connectivity index (χ0) is 12.1. The van der Waals surface area contributed by atoms with Gasteiger partial charge in [0.25, 0.3) is 0 Å². The van der Waals surface area contributed by atoms with Gasteiger partial charge < -0.3 is 10.4 Å². The Bertz CT molecular complexity index is 389. The summed E-state index contributed by atoms with van der Waals surface area (Å²) in [5.74, 6) is -0.443. The lowest BCUT2D eigenvalue weighted by Crippen LogP contribution is -2.28. The van der Waals surface area contributed by atoms with Crippen LogP contribution in [0.25, 0.3) is 0 Å². The van der Waals surface area contributed by atoms with Crippen LogP contribution in [0.5, 0.6) is 0 Å². The molecule has 0 fully saturated rings. The number of hydrogen-bond donors (Lipinski definition) is 2. The van der Waals surface area contributed by atoms with Gasteiger partial charge in [-0.15, -0.1) is 0 Å². The zero-order valence-corrected chi connectivity index (χ0v) is 10.3. The summed E-state index contributed by atoms with van der Waals surface area (Å²) in [7, 11) is 0.321. The van der Waals surface area contributed by atoms with Crippen LogP contribution in [0.1, 0.15) is 0 Å². The highest BCUT2D eigenvalue weighted by molar-refractivity contribution is 7.85. The molecule has 0 amide bonds. The molecule has 0 heterocycles. The molecule has 0 spiro atoms. The van der Waals surface area contributed by atoms with E-state index in [4.69, 9.17) is 11.6 Å². The molecule has 3 nitrogen and oxygen atoms in total. The minimum atomic E-state index is -1.37. The fourth-order valence-electron chi connectivity index (χ4n) is 1.18. The Labute approximate surface area is 101 Å². The fraction of sp³-hybridized carbons (Fsp3) is 0.400. The minimum absolute atomic E-state index is 0.0612. The number of nitrogens with one attached hydrogen (secondary N) is 1. The van der Waals surface area contributed by atoms with Gasteiger partial charge in [-0.3, -0.25) is 4.21 Å². The Morgan fingerprint density at radius 1 is 1.62 bits per heavy atom. The molecule has 0 saturated carbocycles. The summed E-state index contributed by atoms with van der Waals surface area (Å²) in [6.07, 6.45) is -0.699. The van der Waals surface area contributed by atoms with Gasteiger partial charge in [-0.1, -0.05) is 11.6 Å². The second kappa shape index (κ2) is 6.30. The number of aliphatic hydroxyl groups excluding tert-OH is 1. The van der Waals surface area contributed by atoms with Gasteiger partial charge in [0.15, 0.2) is 0 Å². The number of likely N-dealkylation sites (N-methyl/N-ethyl adjacent to an activating group) is 1. The van der Waals surface area contributed by atoms with Crippen LogP contribution < -0.4 is 5.32 Å². The summed E-state index contributed by atoms with van der Waals surface area (Å²) in [6.45, 7) is 0.362. The van der Waals surface area contributed by atoms with Crippen LogP contribution in [0.2, 0.25) is 5.02 Å². The van der Waals surface area contributed by atoms with Gasteiger partial charge in [-0.25, -0.2) is 4.39 Å². The van der Waals surface area contributed by atoms with E-state index in [0.29, 0.717) is 11.4 Å². The standard InChI is InChI=1S/C10H13ClFNO2S/c1-13-5-7(14)6-16(15)8-2-3-10(12)9(11)4-8/h2-4,7,13-14H,5-6H2,1H3. The normalized spacial score (nSPS) is 14.8. The van der Waals surface area contributed by atoms with Crippen molar-refractivity contribution in [2.75, 3.05) is 19.3 Å². The highest BCUT2D eigenvalue weighted by atomic mass is 35.5. The summed E-state index contributed by atoms with van der Waals surface area (Å²) >= 11 is 5.57. The first kappa shape index (κ1) is 13.6. The van der Waals surface area contributed by atoms with E-state index < -0.39 is 22.7 Å². The van der Waals surface area contributed by atoms with Crippen molar-refractivity contribution in [3.63, 3.8) is 0 Å². The number of benzene rings is 1. The Morgan fingerprint density at radius 3 is 2.88 bits per heavy atom. The zero-order valence-electron chi connectivity index (χ0n) is 8.74. The van der Waals surface area contributed by atoms with Gasteiger partial charge in [-0.2, -0.15) is 0 Å². The van der Waals surface area contributed by atoms with Gasteiger partial charge >= 0.3 is 0 Å². The maximum Gasteiger partial charge on any atom is 0.141 e. The molecule has 0 radical (unpaired) electrons. The Kier molecular flexibility index (Phi) is 5.34. The predicted octanol–water partition coefficient (Wildman–Crippen LogP) is 1.17. The van der Waals surface area contributed by atoms with Crippen molar-refractivity contribution in [1.82, 2.24) is 5.32 Å². The lowest BCUT2D eigenvalue weighted by Gasteiger charge is -2.09.